The number of alkyl halides is 2. The van der Waals surface area contributed by atoms with E-state index in [-0.39, 0.29) is 24.7 Å². The van der Waals surface area contributed by atoms with Crippen molar-refractivity contribution in [3.05, 3.63) is 29.6 Å². The smallest absolute Gasteiger partial charge is 0.337 e. The fraction of sp³-hybridized carbons (Fsp3) is 0.538. The summed E-state index contributed by atoms with van der Waals surface area (Å²) < 4.78 is 28.2. The zero-order chi connectivity index (χ0) is 14.0. The number of hydrogen-bond donors (Lipinski definition) is 1. The van der Waals surface area contributed by atoms with Crippen molar-refractivity contribution in [3.63, 3.8) is 0 Å². The van der Waals surface area contributed by atoms with Gasteiger partial charge in [0.1, 0.15) is 0 Å². The monoisotopic (exact) mass is 269 g/mol. The summed E-state index contributed by atoms with van der Waals surface area (Å²) in [7, 11) is 0. The van der Waals surface area contributed by atoms with Gasteiger partial charge in [-0.1, -0.05) is 0 Å². The predicted octanol–water partition coefficient (Wildman–Crippen LogP) is 1.43. The van der Waals surface area contributed by atoms with Crippen LogP contribution in [-0.2, 0) is 10.7 Å². The van der Waals surface area contributed by atoms with Crippen LogP contribution in [0.5, 0.6) is 0 Å². The van der Waals surface area contributed by atoms with Gasteiger partial charge in [0.2, 0.25) is 0 Å². The van der Waals surface area contributed by atoms with Gasteiger partial charge >= 0.3 is 5.92 Å². The molecule has 0 saturated carbocycles. The molecule has 2 N–H and O–H groups in total. The number of likely N-dealkylation sites (tertiary alicyclic amines) is 1. The maximum Gasteiger partial charge on any atom is 0.351 e. The van der Waals surface area contributed by atoms with Crippen LogP contribution in [0.25, 0.3) is 0 Å². The molecule has 2 heterocycles. The molecule has 1 aliphatic heterocycles. The molecule has 0 bridgehead atoms. The number of amides is 1. The van der Waals surface area contributed by atoms with E-state index in [0.29, 0.717) is 18.5 Å². The Bertz CT molecular complexity index is 453. The Balaban J connectivity index is 2.14. The van der Waals surface area contributed by atoms with Gasteiger partial charge in [0.15, 0.2) is 0 Å². The molecule has 0 aromatic carbocycles. The molecule has 1 aromatic heterocycles. The first-order valence-electron chi connectivity index (χ1n) is 6.27. The van der Waals surface area contributed by atoms with Gasteiger partial charge in [-0.15, -0.1) is 0 Å². The molecule has 0 radical (unpaired) electrons. The minimum Gasteiger partial charge on any atom is -0.337 e. The Morgan fingerprint density at radius 3 is 2.58 bits per heavy atom. The zero-order valence-corrected chi connectivity index (χ0v) is 10.8. The van der Waals surface area contributed by atoms with Crippen molar-refractivity contribution in [2.24, 2.45) is 5.73 Å². The van der Waals surface area contributed by atoms with Gasteiger partial charge in [0.05, 0.1) is 0 Å². The first-order chi connectivity index (χ1) is 8.91. The van der Waals surface area contributed by atoms with Crippen LogP contribution in [0.15, 0.2) is 18.3 Å². The Kier molecular flexibility index (Phi) is 3.80. The average Bonchev–Trinajstić information content (AvgIpc) is 2.39. The summed E-state index contributed by atoms with van der Waals surface area (Å²) in [4.78, 5) is 16.9. The predicted molar refractivity (Wildman–Crippen MR) is 66.7 cm³/mol. The van der Waals surface area contributed by atoms with Crippen molar-refractivity contribution in [1.82, 2.24) is 9.88 Å². The molecule has 1 saturated heterocycles. The standard InChI is InChI=1S/C13H17F2N3O/c1-9-2-3-10(8-17-9)13(14,15)12(19)18-6-4-11(16)5-7-18/h2-3,8,11H,4-7,16H2,1H3. The van der Waals surface area contributed by atoms with Gasteiger partial charge in [-0.25, -0.2) is 0 Å². The lowest BCUT2D eigenvalue weighted by Crippen LogP contribution is -2.48. The molecule has 1 aliphatic rings. The van der Waals surface area contributed by atoms with Gasteiger partial charge < -0.3 is 10.6 Å². The van der Waals surface area contributed by atoms with E-state index < -0.39 is 11.8 Å². The molecule has 6 heteroatoms. The zero-order valence-electron chi connectivity index (χ0n) is 10.8. The summed E-state index contributed by atoms with van der Waals surface area (Å²) in [6, 6.07) is 2.72. The Labute approximate surface area is 110 Å². The number of halogens is 2. The third-order valence-corrected chi connectivity index (χ3v) is 3.37. The summed E-state index contributed by atoms with van der Waals surface area (Å²) >= 11 is 0. The summed E-state index contributed by atoms with van der Waals surface area (Å²) in [6.45, 7) is 2.28. The number of piperidine rings is 1. The van der Waals surface area contributed by atoms with Gasteiger partial charge in [-0.05, 0) is 31.9 Å². The van der Waals surface area contributed by atoms with Crippen LogP contribution >= 0.6 is 0 Å². The maximum absolute atomic E-state index is 14.1. The van der Waals surface area contributed by atoms with Crippen molar-refractivity contribution in [3.8, 4) is 0 Å². The van der Waals surface area contributed by atoms with Gasteiger partial charge in [0.25, 0.3) is 5.91 Å². The lowest BCUT2D eigenvalue weighted by molar-refractivity contribution is -0.160. The summed E-state index contributed by atoms with van der Waals surface area (Å²) in [6.07, 6.45) is 2.19. The number of nitrogens with zero attached hydrogens (tertiary/aromatic N) is 2. The first-order valence-corrected chi connectivity index (χ1v) is 6.27. The van der Waals surface area contributed by atoms with Gasteiger partial charge in [-0.3, -0.25) is 9.78 Å². The first kappa shape index (κ1) is 13.9. The van der Waals surface area contributed by atoms with Crippen molar-refractivity contribution in [2.45, 2.75) is 31.7 Å². The van der Waals surface area contributed by atoms with Crippen LogP contribution in [-0.4, -0.2) is 34.9 Å². The molecule has 0 atom stereocenters. The fourth-order valence-corrected chi connectivity index (χ4v) is 2.08. The van der Waals surface area contributed by atoms with Crippen LogP contribution in [0.2, 0.25) is 0 Å². The maximum atomic E-state index is 14.1. The van der Waals surface area contributed by atoms with Crippen LogP contribution in [0.3, 0.4) is 0 Å². The molecule has 0 aliphatic carbocycles. The highest BCUT2D eigenvalue weighted by molar-refractivity contribution is 5.84. The Morgan fingerprint density at radius 2 is 2.05 bits per heavy atom. The van der Waals surface area contributed by atoms with E-state index in [1.807, 2.05) is 0 Å². The number of carbonyl (C=O) groups is 1. The van der Waals surface area contributed by atoms with E-state index >= 15 is 0 Å². The van der Waals surface area contributed by atoms with E-state index in [4.69, 9.17) is 5.73 Å². The van der Waals surface area contributed by atoms with Gasteiger partial charge in [-0.2, -0.15) is 8.78 Å². The highest BCUT2D eigenvalue weighted by Crippen LogP contribution is 2.30. The number of aryl methyl sites for hydroxylation is 1. The van der Waals surface area contributed by atoms with Crippen molar-refractivity contribution in [1.29, 1.82) is 0 Å². The van der Waals surface area contributed by atoms with E-state index in [9.17, 15) is 13.6 Å². The SMILES string of the molecule is Cc1ccc(C(F)(F)C(=O)N2CCC(N)CC2)cn1. The Morgan fingerprint density at radius 1 is 1.42 bits per heavy atom. The van der Waals surface area contributed by atoms with Crippen LogP contribution in [0, 0.1) is 6.92 Å². The molecule has 4 nitrogen and oxygen atoms in total. The highest BCUT2D eigenvalue weighted by Gasteiger charge is 2.44. The van der Waals surface area contributed by atoms with Crippen LogP contribution in [0.1, 0.15) is 24.1 Å². The quantitative estimate of drug-likeness (QED) is 0.883. The number of aromatic nitrogens is 1. The third-order valence-electron chi connectivity index (χ3n) is 3.37. The second kappa shape index (κ2) is 5.21. The molecule has 19 heavy (non-hydrogen) atoms. The lowest BCUT2D eigenvalue weighted by Gasteiger charge is -2.32. The van der Waals surface area contributed by atoms with Crippen molar-refractivity contribution < 1.29 is 13.6 Å². The average molecular weight is 269 g/mol. The number of hydrogen-bond acceptors (Lipinski definition) is 3. The summed E-state index contributed by atoms with van der Waals surface area (Å²) in [5.74, 6) is -4.69. The van der Waals surface area contributed by atoms with Crippen molar-refractivity contribution in [2.75, 3.05) is 13.1 Å². The second-order valence-electron chi connectivity index (χ2n) is 4.89. The van der Waals surface area contributed by atoms with Gasteiger partial charge in [0, 0.05) is 36.6 Å². The van der Waals surface area contributed by atoms with E-state index in [1.54, 1.807) is 6.92 Å². The summed E-state index contributed by atoms with van der Waals surface area (Å²) in [5, 5.41) is 0. The highest BCUT2D eigenvalue weighted by atomic mass is 19.3. The minimum absolute atomic E-state index is 0.00119. The van der Waals surface area contributed by atoms with E-state index in [0.717, 1.165) is 6.20 Å². The molecule has 2 rings (SSSR count). The number of nitrogens with two attached hydrogens (primary N) is 1. The molecule has 1 fully saturated rings. The number of pyridine rings is 1. The molecule has 104 valence electrons. The molecule has 0 spiro atoms. The third kappa shape index (κ3) is 2.89. The van der Waals surface area contributed by atoms with Crippen LogP contribution < -0.4 is 5.73 Å². The minimum atomic E-state index is -3.53. The molecular weight excluding hydrogens is 252 g/mol. The summed E-state index contributed by atoms with van der Waals surface area (Å²) in [5.41, 5.74) is 5.97. The number of carbonyl (C=O) groups excluding carboxylic acids is 1. The molecule has 0 unspecified atom stereocenters. The largest absolute Gasteiger partial charge is 0.351 e. The second-order valence-corrected chi connectivity index (χ2v) is 4.89. The molecule has 1 aromatic rings. The lowest BCUT2D eigenvalue weighted by atomic mass is 10.0. The number of rotatable bonds is 2. The fourth-order valence-electron chi connectivity index (χ4n) is 2.08. The normalized spacial score (nSPS) is 17.6. The van der Waals surface area contributed by atoms with Crippen molar-refractivity contribution >= 4 is 5.91 Å². The van der Waals surface area contributed by atoms with E-state index in [2.05, 4.69) is 4.98 Å². The molecular formula is C13H17F2N3O. The molecule has 1 amide bonds. The van der Waals surface area contributed by atoms with E-state index in [1.165, 1.54) is 17.0 Å². The van der Waals surface area contributed by atoms with Crippen LogP contribution in [0.4, 0.5) is 8.78 Å². The Hall–Kier alpha value is -1.56. The topological polar surface area (TPSA) is 59.2 Å².